The molecular formula is C13H15NOS. The maximum Gasteiger partial charge on any atom is 0.119 e. The van der Waals surface area contributed by atoms with E-state index in [0.717, 1.165) is 11.3 Å². The Morgan fingerprint density at radius 3 is 2.69 bits per heavy atom. The molecule has 0 saturated heterocycles. The van der Waals surface area contributed by atoms with Gasteiger partial charge >= 0.3 is 0 Å². The Labute approximate surface area is 99.7 Å². The van der Waals surface area contributed by atoms with Crippen LogP contribution in [0.1, 0.15) is 10.4 Å². The summed E-state index contributed by atoms with van der Waals surface area (Å²) in [6.07, 6.45) is 0. The fourth-order valence-corrected chi connectivity index (χ4v) is 2.44. The van der Waals surface area contributed by atoms with Crippen LogP contribution in [0.4, 0.5) is 0 Å². The van der Waals surface area contributed by atoms with Crippen molar-refractivity contribution in [2.45, 2.75) is 13.5 Å². The molecule has 0 fully saturated rings. The van der Waals surface area contributed by atoms with Crippen LogP contribution in [0.15, 0.2) is 29.6 Å². The van der Waals surface area contributed by atoms with Crippen molar-refractivity contribution in [1.82, 2.24) is 0 Å². The lowest BCUT2D eigenvalue weighted by Gasteiger charge is -2.08. The normalized spacial score (nSPS) is 10.4. The van der Waals surface area contributed by atoms with E-state index >= 15 is 0 Å². The molecule has 2 nitrogen and oxygen atoms in total. The number of methoxy groups -OCH3 is 1. The molecule has 2 rings (SSSR count). The van der Waals surface area contributed by atoms with Gasteiger partial charge in [-0.1, -0.05) is 6.07 Å². The van der Waals surface area contributed by atoms with E-state index < -0.39 is 0 Å². The number of hydrogen-bond acceptors (Lipinski definition) is 3. The Hall–Kier alpha value is -1.32. The smallest absolute Gasteiger partial charge is 0.119 e. The molecule has 2 aromatic rings. The highest BCUT2D eigenvalue weighted by atomic mass is 32.1. The molecule has 0 aliphatic carbocycles. The van der Waals surface area contributed by atoms with E-state index in [0.29, 0.717) is 6.54 Å². The van der Waals surface area contributed by atoms with Gasteiger partial charge < -0.3 is 10.5 Å². The Morgan fingerprint density at radius 2 is 2.12 bits per heavy atom. The van der Waals surface area contributed by atoms with E-state index in [-0.39, 0.29) is 0 Å². The van der Waals surface area contributed by atoms with Crippen molar-refractivity contribution in [3.05, 3.63) is 40.1 Å². The fourth-order valence-electron chi connectivity index (χ4n) is 1.73. The molecule has 84 valence electrons. The second kappa shape index (κ2) is 4.68. The molecule has 1 heterocycles. The van der Waals surface area contributed by atoms with Gasteiger partial charge in [-0.15, -0.1) is 11.3 Å². The molecule has 0 aliphatic heterocycles. The van der Waals surface area contributed by atoms with Crippen molar-refractivity contribution in [1.29, 1.82) is 0 Å². The van der Waals surface area contributed by atoms with Gasteiger partial charge in [-0.05, 0) is 47.2 Å². The Morgan fingerprint density at radius 1 is 1.31 bits per heavy atom. The Kier molecular flexibility index (Phi) is 3.27. The first-order valence-electron chi connectivity index (χ1n) is 5.17. The zero-order valence-corrected chi connectivity index (χ0v) is 10.3. The van der Waals surface area contributed by atoms with Gasteiger partial charge in [0.2, 0.25) is 0 Å². The number of rotatable bonds is 3. The minimum Gasteiger partial charge on any atom is -0.497 e. The highest BCUT2D eigenvalue weighted by molar-refractivity contribution is 7.10. The van der Waals surface area contributed by atoms with Crippen molar-refractivity contribution >= 4 is 11.3 Å². The Balaban J connectivity index is 2.48. The molecule has 1 aromatic carbocycles. The first-order valence-corrected chi connectivity index (χ1v) is 6.05. The summed E-state index contributed by atoms with van der Waals surface area (Å²) in [6, 6.07) is 8.23. The van der Waals surface area contributed by atoms with Crippen molar-refractivity contribution in [2.75, 3.05) is 7.11 Å². The van der Waals surface area contributed by atoms with Gasteiger partial charge in [0.1, 0.15) is 5.75 Å². The molecule has 0 radical (unpaired) electrons. The molecule has 0 unspecified atom stereocenters. The number of hydrogen-bond donors (Lipinski definition) is 1. The largest absolute Gasteiger partial charge is 0.497 e. The molecule has 3 heteroatoms. The highest BCUT2D eigenvalue weighted by Crippen LogP contribution is 2.30. The number of aryl methyl sites for hydroxylation is 1. The van der Waals surface area contributed by atoms with E-state index in [1.165, 1.54) is 16.0 Å². The maximum absolute atomic E-state index is 5.77. The van der Waals surface area contributed by atoms with Gasteiger partial charge in [0.15, 0.2) is 0 Å². The summed E-state index contributed by atoms with van der Waals surface area (Å²) in [5.41, 5.74) is 9.33. The van der Waals surface area contributed by atoms with Crippen molar-refractivity contribution in [3.63, 3.8) is 0 Å². The zero-order valence-electron chi connectivity index (χ0n) is 9.49. The van der Waals surface area contributed by atoms with Crippen molar-refractivity contribution < 1.29 is 4.74 Å². The molecule has 0 amide bonds. The number of ether oxygens (including phenoxy) is 1. The summed E-state index contributed by atoms with van der Waals surface area (Å²) in [5, 5.41) is 2.16. The van der Waals surface area contributed by atoms with Crippen molar-refractivity contribution in [2.24, 2.45) is 5.73 Å². The van der Waals surface area contributed by atoms with Gasteiger partial charge in [0.25, 0.3) is 0 Å². The van der Waals surface area contributed by atoms with Crippen LogP contribution in [0.2, 0.25) is 0 Å². The maximum atomic E-state index is 5.77. The third-order valence-corrected chi connectivity index (χ3v) is 3.44. The summed E-state index contributed by atoms with van der Waals surface area (Å²) >= 11 is 1.76. The van der Waals surface area contributed by atoms with Gasteiger partial charge in [-0.25, -0.2) is 0 Å². The lowest BCUT2D eigenvalue weighted by molar-refractivity contribution is 0.414. The standard InChI is InChI=1S/C13H15NOS/c1-9-5-11(8-16-9)13-4-3-12(15-2)6-10(13)7-14/h3-6,8H,7,14H2,1-2H3. The second-order valence-electron chi connectivity index (χ2n) is 3.67. The number of nitrogens with two attached hydrogens (primary N) is 1. The predicted octanol–water partition coefficient (Wildman–Crippen LogP) is 3.19. The Bertz CT molecular complexity index is 490. The predicted molar refractivity (Wildman–Crippen MR) is 68.9 cm³/mol. The SMILES string of the molecule is COc1ccc(-c2csc(C)c2)c(CN)c1. The average molecular weight is 233 g/mol. The van der Waals surface area contributed by atoms with Crippen LogP contribution in [0.5, 0.6) is 5.75 Å². The number of benzene rings is 1. The monoisotopic (exact) mass is 233 g/mol. The first kappa shape index (κ1) is 11.2. The fraction of sp³-hybridized carbons (Fsp3) is 0.231. The molecule has 0 saturated carbocycles. The van der Waals surface area contributed by atoms with Crippen molar-refractivity contribution in [3.8, 4) is 16.9 Å². The summed E-state index contributed by atoms with van der Waals surface area (Å²) in [7, 11) is 1.67. The van der Waals surface area contributed by atoms with Crippen LogP contribution >= 0.6 is 11.3 Å². The average Bonchev–Trinajstić information content (AvgIpc) is 2.74. The van der Waals surface area contributed by atoms with Gasteiger partial charge in [-0.3, -0.25) is 0 Å². The lowest BCUT2D eigenvalue weighted by Crippen LogP contribution is -1.99. The summed E-state index contributed by atoms with van der Waals surface area (Å²) in [5.74, 6) is 0.858. The molecule has 2 N–H and O–H groups in total. The molecule has 0 bridgehead atoms. The summed E-state index contributed by atoms with van der Waals surface area (Å²) in [4.78, 5) is 1.31. The summed E-state index contributed by atoms with van der Waals surface area (Å²) in [6.45, 7) is 2.64. The van der Waals surface area contributed by atoms with E-state index in [2.05, 4.69) is 24.4 Å². The molecule has 16 heavy (non-hydrogen) atoms. The molecule has 0 atom stereocenters. The molecule has 1 aromatic heterocycles. The van der Waals surface area contributed by atoms with Crippen LogP contribution in [-0.4, -0.2) is 7.11 Å². The second-order valence-corrected chi connectivity index (χ2v) is 4.79. The quantitative estimate of drug-likeness (QED) is 0.883. The third kappa shape index (κ3) is 2.10. The van der Waals surface area contributed by atoms with E-state index in [9.17, 15) is 0 Å². The van der Waals surface area contributed by atoms with E-state index in [1.807, 2.05) is 12.1 Å². The molecular weight excluding hydrogens is 218 g/mol. The topological polar surface area (TPSA) is 35.2 Å². The van der Waals surface area contributed by atoms with Gasteiger partial charge in [0.05, 0.1) is 7.11 Å². The van der Waals surface area contributed by atoms with Crippen LogP contribution in [-0.2, 0) is 6.54 Å². The minimum atomic E-state index is 0.529. The van der Waals surface area contributed by atoms with Crippen LogP contribution in [0, 0.1) is 6.92 Å². The van der Waals surface area contributed by atoms with Gasteiger partial charge in [0, 0.05) is 11.4 Å². The van der Waals surface area contributed by atoms with Gasteiger partial charge in [-0.2, -0.15) is 0 Å². The lowest BCUT2D eigenvalue weighted by atomic mass is 10.0. The summed E-state index contributed by atoms with van der Waals surface area (Å²) < 4.78 is 5.20. The van der Waals surface area contributed by atoms with E-state index in [1.54, 1.807) is 18.4 Å². The highest BCUT2D eigenvalue weighted by Gasteiger charge is 2.06. The zero-order chi connectivity index (χ0) is 11.5. The first-order chi connectivity index (χ1) is 7.74. The van der Waals surface area contributed by atoms with Crippen LogP contribution in [0.3, 0.4) is 0 Å². The molecule has 0 aliphatic rings. The minimum absolute atomic E-state index is 0.529. The van der Waals surface area contributed by atoms with E-state index in [4.69, 9.17) is 10.5 Å². The third-order valence-electron chi connectivity index (χ3n) is 2.57. The number of thiophene rings is 1. The van der Waals surface area contributed by atoms with Crippen LogP contribution < -0.4 is 10.5 Å². The molecule has 0 spiro atoms. The van der Waals surface area contributed by atoms with Crippen LogP contribution in [0.25, 0.3) is 11.1 Å².